The second-order valence-corrected chi connectivity index (χ2v) is 6.92. The van der Waals surface area contributed by atoms with Gasteiger partial charge in [0.1, 0.15) is 0 Å². The fourth-order valence-electron chi connectivity index (χ4n) is 3.12. The van der Waals surface area contributed by atoms with Gasteiger partial charge in [0, 0.05) is 15.8 Å². The normalized spacial score (nSPS) is 15.3. The molecule has 0 radical (unpaired) electrons. The van der Waals surface area contributed by atoms with E-state index in [0.29, 0.717) is 6.04 Å². The largest absolute Gasteiger partial charge is 0.309 e. The Labute approximate surface area is 126 Å². The predicted octanol–water partition coefficient (Wildman–Crippen LogP) is 4.44. The minimum atomic E-state index is 0.470. The zero-order valence-corrected chi connectivity index (χ0v) is 13.2. The van der Waals surface area contributed by atoms with Gasteiger partial charge in [-0.05, 0) is 56.3 Å². The van der Waals surface area contributed by atoms with Gasteiger partial charge >= 0.3 is 0 Å². The molecule has 3 rings (SSSR count). The van der Waals surface area contributed by atoms with Crippen LogP contribution in [0.1, 0.15) is 45.8 Å². The van der Waals surface area contributed by atoms with Gasteiger partial charge in [-0.25, -0.2) is 0 Å². The molecule has 0 saturated heterocycles. The summed E-state index contributed by atoms with van der Waals surface area (Å²) in [5, 5.41) is 3.67. The van der Waals surface area contributed by atoms with E-state index in [1.54, 1.807) is 10.4 Å². The zero-order valence-electron chi connectivity index (χ0n) is 12.4. The lowest BCUT2D eigenvalue weighted by atomic mass is 10.0. The van der Waals surface area contributed by atoms with Gasteiger partial charge in [-0.2, -0.15) is 0 Å². The van der Waals surface area contributed by atoms with Crippen molar-refractivity contribution >= 4 is 11.3 Å². The molecule has 1 aliphatic rings. The predicted molar refractivity (Wildman–Crippen MR) is 87.6 cm³/mol. The lowest BCUT2D eigenvalue weighted by Gasteiger charge is -2.17. The van der Waals surface area contributed by atoms with Gasteiger partial charge in [-0.1, -0.05) is 36.8 Å². The molecule has 1 N–H and O–H groups in total. The standard InChI is InChI=1S/C18H23NS/c1-3-19-16(11-14-7-4-6-13(2)10-14)18-12-15-8-5-9-17(15)20-18/h4,6-7,10,12,16,19H,3,5,8-9,11H2,1-2H3. The van der Waals surface area contributed by atoms with E-state index in [-0.39, 0.29) is 0 Å². The second-order valence-electron chi connectivity index (χ2n) is 5.75. The summed E-state index contributed by atoms with van der Waals surface area (Å²) in [5.74, 6) is 0. The first kappa shape index (κ1) is 13.8. The van der Waals surface area contributed by atoms with Crippen molar-refractivity contribution in [3.8, 4) is 0 Å². The van der Waals surface area contributed by atoms with Gasteiger partial charge in [0.25, 0.3) is 0 Å². The van der Waals surface area contributed by atoms with Crippen LogP contribution < -0.4 is 5.32 Å². The molecule has 1 aliphatic carbocycles. The molecule has 0 aliphatic heterocycles. The number of thiophene rings is 1. The van der Waals surface area contributed by atoms with E-state index in [1.807, 2.05) is 11.3 Å². The summed E-state index contributed by atoms with van der Waals surface area (Å²) in [4.78, 5) is 3.16. The van der Waals surface area contributed by atoms with Gasteiger partial charge < -0.3 is 5.32 Å². The lowest BCUT2D eigenvalue weighted by molar-refractivity contribution is 0.557. The average Bonchev–Trinajstić information content (AvgIpc) is 2.99. The van der Waals surface area contributed by atoms with Crippen molar-refractivity contribution in [3.63, 3.8) is 0 Å². The molecule has 0 saturated carbocycles. The summed E-state index contributed by atoms with van der Waals surface area (Å²) in [6.07, 6.45) is 5.03. The average molecular weight is 285 g/mol. The van der Waals surface area contributed by atoms with Gasteiger partial charge in [-0.3, -0.25) is 0 Å². The van der Waals surface area contributed by atoms with Crippen LogP contribution in [-0.2, 0) is 19.3 Å². The summed E-state index contributed by atoms with van der Waals surface area (Å²) < 4.78 is 0. The number of benzene rings is 1. The van der Waals surface area contributed by atoms with Crippen molar-refractivity contribution in [2.75, 3.05) is 6.54 Å². The molecular weight excluding hydrogens is 262 g/mol. The highest BCUT2D eigenvalue weighted by Crippen LogP contribution is 2.34. The van der Waals surface area contributed by atoms with Crippen LogP contribution in [0, 0.1) is 6.92 Å². The van der Waals surface area contributed by atoms with E-state index in [4.69, 9.17) is 0 Å². The molecule has 0 spiro atoms. The summed E-state index contributed by atoms with van der Waals surface area (Å²) >= 11 is 2.03. The first-order valence-electron chi connectivity index (χ1n) is 7.66. The lowest BCUT2D eigenvalue weighted by Crippen LogP contribution is -2.22. The Kier molecular flexibility index (Phi) is 4.23. The van der Waals surface area contributed by atoms with E-state index in [2.05, 4.69) is 49.5 Å². The third-order valence-electron chi connectivity index (χ3n) is 4.08. The van der Waals surface area contributed by atoms with Crippen LogP contribution in [0.15, 0.2) is 30.3 Å². The number of hydrogen-bond donors (Lipinski definition) is 1. The molecule has 2 heteroatoms. The van der Waals surface area contributed by atoms with E-state index in [1.165, 1.54) is 35.3 Å². The Morgan fingerprint density at radius 2 is 2.15 bits per heavy atom. The molecule has 1 aromatic heterocycles. The van der Waals surface area contributed by atoms with E-state index >= 15 is 0 Å². The maximum absolute atomic E-state index is 3.67. The Hall–Kier alpha value is -1.12. The minimum Gasteiger partial charge on any atom is -0.309 e. The minimum absolute atomic E-state index is 0.470. The highest BCUT2D eigenvalue weighted by molar-refractivity contribution is 7.12. The van der Waals surface area contributed by atoms with Crippen molar-refractivity contribution in [1.29, 1.82) is 0 Å². The molecule has 0 bridgehead atoms. The quantitative estimate of drug-likeness (QED) is 0.856. The third-order valence-corrected chi connectivity index (χ3v) is 5.43. The van der Waals surface area contributed by atoms with Crippen molar-refractivity contribution in [1.82, 2.24) is 5.32 Å². The van der Waals surface area contributed by atoms with Gasteiger partial charge in [0.2, 0.25) is 0 Å². The van der Waals surface area contributed by atoms with Crippen LogP contribution in [0.25, 0.3) is 0 Å². The van der Waals surface area contributed by atoms with Crippen molar-refractivity contribution in [2.45, 2.75) is 45.6 Å². The highest BCUT2D eigenvalue weighted by atomic mass is 32.1. The van der Waals surface area contributed by atoms with Crippen LogP contribution in [0.2, 0.25) is 0 Å². The van der Waals surface area contributed by atoms with Crippen LogP contribution in [0.5, 0.6) is 0 Å². The molecule has 106 valence electrons. The van der Waals surface area contributed by atoms with Crippen molar-refractivity contribution < 1.29 is 0 Å². The van der Waals surface area contributed by atoms with Crippen molar-refractivity contribution in [3.05, 3.63) is 56.8 Å². The van der Waals surface area contributed by atoms with E-state index in [9.17, 15) is 0 Å². The molecule has 20 heavy (non-hydrogen) atoms. The monoisotopic (exact) mass is 285 g/mol. The van der Waals surface area contributed by atoms with E-state index in [0.717, 1.165) is 13.0 Å². The highest BCUT2D eigenvalue weighted by Gasteiger charge is 2.20. The number of hydrogen-bond acceptors (Lipinski definition) is 2. The van der Waals surface area contributed by atoms with Gasteiger partial charge in [-0.15, -0.1) is 11.3 Å². The molecule has 1 nitrogen and oxygen atoms in total. The number of aryl methyl sites for hydroxylation is 3. The van der Waals surface area contributed by atoms with Crippen LogP contribution in [0.4, 0.5) is 0 Å². The summed E-state index contributed by atoms with van der Waals surface area (Å²) in [6, 6.07) is 11.8. The van der Waals surface area contributed by atoms with Gasteiger partial charge in [0.15, 0.2) is 0 Å². The van der Waals surface area contributed by atoms with Crippen LogP contribution in [0.3, 0.4) is 0 Å². The Balaban J connectivity index is 1.81. The number of rotatable bonds is 5. The fourth-order valence-corrected chi connectivity index (χ4v) is 4.45. The Bertz CT molecular complexity index is 563. The maximum atomic E-state index is 3.67. The topological polar surface area (TPSA) is 12.0 Å². The van der Waals surface area contributed by atoms with Gasteiger partial charge in [0.05, 0.1) is 0 Å². The van der Waals surface area contributed by atoms with E-state index < -0.39 is 0 Å². The summed E-state index contributed by atoms with van der Waals surface area (Å²) in [7, 11) is 0. The number of nitrogens with one attached hydrogen (secondary N) is 1. The molecular formula is C18H23NS. The second kappa shape index (κ2) is 6.11. The molecule has 1 atom stereocenters. The smallest absolute Gasteiger partial charge is 0.0455 e. The number of likely N-dealkylation sites (N-methyl/N-ethyl adjacent to an activating group) is 1. The SMILES string of the molecule is CCNC(Cc1cccc(C)c1)c1cc2c(s1)CCC2. The van der Waals surface area contributed by atoms with Crippen LogP contribution in [-0.4, -0.2) is 6.54 Å². The Morgan fingerprint density at radius 3 is 2.90 bits per heavy atom. The zero-order chi connectivity index (χ0) is 13.9. The molecule has 1 aromatic carbocycles. The van der Waals surface area contributed by atoms with Crippen LogP contribution >= 0.6 is 11.3 Å². The summed E-state index contributed by atoms with van der Waals surface area (Å²) in [6.45, 7) is 5.40. The first-order chi connectivity index (χ1) is 9.76. The van der Waals surface area contributed by atoms with Crippen molar-refractivity contribution in [2.24, 2.45) is 0 Å². The number of fused-ring (bicyclic) bond motifs is 1. The molecule has 1 heterocycles. The first-order valence-corrected chi connectivity index (χ1v) is 8.48. The maximum Gasteiger partial charge on any atom is 0.0455 e. The third kappa shape index (κ3) is 2.97. The molecule has 2 aromatic rings. The molecule has 0 fully saturated rings. The molecule has 0 amide bonds. The Morgan fingerprint density at radius 1 is 1.25 bits per heavy atom. The summed E-state index contributed by atoms with van der Waals surface area (Å²) in [5.41, 5.74) is 4.40. The fraction of sp³-hybridized carbons (Fsp3) is 0.444. The molecule has 1 unspecified atom stereocenters.